The molecule has 0 aliphatic carbocycles. The number of carboxylic acid groups (broad SMARTS) is 3. The Labute approximate surface area is 335 Å². The third kappa shape index (κ3) is 17.2. The maximum Gasteiger partial charge on any atom is 0.336 e. The summed E-state index contributed by atoms with van der Waals surface area (Å²) >= 11 is 0. The lowest BCUT2D eigenvalue weighted by Crippen LogP contribution is -2.42. The van der Waals surface area contributed by atoms with Gasteiger partial charge in [0, 0.05) is 24.7 Å². The zero-order chi connectivity index (χ0) is 42.4. The number of hydrazine groups is 1. The molecule has 0 fully saturated rings. The SMILES string of the molecule is CC/C(=C(\c1ccccc1)c1ccc(OCCN(C)C)cc1)c1ccccc1.CNNCc1ccc(C(=O)NC(C)C)cc1.O=C(O)CC(O)(CC(=O)O)C(=O)O. The second-order valence-electron chi connectivity index (χ2n) is 13.5. The Morgan fingerprint density at radius 1 is 0.719 bits per heavy atom. The molecule has 0 atom stereocenters. The second kappa shape index (κ2) is 24.6. The lowest BCUT2D eigenvalue weighted by molar-refractivity contribution is -0.170. The van der Waals surface area contributed by atoms with Crippen molar-refractivity contribution in [2.75, 3.05) is 34.3 Å². The summed E-state index contributed by atoms with van der Waals surface area (Å²) in [6.45, 7) is 8.46. The van der Waals surface area contributed by atoms with E-state index >= 15 is 0 Å². The summed E-state index contributed by atoms with van der Waals surface area (Å²) in [5.74, 6) is -4.13. The van der Waals surface area contributed by atoms with Gasteiger partial charge in [0.15, 0.2) is 5.60 Å². The van der Waals surface area contributed by atoms with Crippen molar-refractivity contribution in [2.24, 2.45) is 0 Å². The predicted octanol–water partition coefficient (Wildman–Crippen LogP) is 5.80. The average Bonchev–Trinajstić information content (AvgIpc) is 3.17. The van der Waals surface area contributed by atoms with E-state index in [1.807, 2.05) is 45.2 Å². The minimum absolute atomic E-state index is 0.0249. The zero-order valence-electron chi connectivity index (χ0n) is 33.5. The quantitative estimate of drug-likeness (QED) is 0.0474. The molecule has 4 aromatic carbocycles. The van der Waals surface area contributed by atoms with Crippen LogP contribution in [0, 0.1) is 0 Å². The highest BCUT2D eigenvalue weighted by atomic mass is 16.5. The number of aliphatic hydroxyl groups is 1. The van der Waals surface area contributed by atoms with Gasteiger partial charge in [-0.15, -0.1) is 0 Å². The number of amides is 1. The van der Waals surface area contributed by atoms with E-state index in [4.69, 9.17) is 25.2 Å². The number of hydrogen-bond acceptors (Lipinski definition) is 9. The number of carboxylic acids is 3. The van der Waals surface area contributed by atoms with Crippen LogP contribution >= 0.6 is 0 Å². The summed E-state index contributed by atoms with van der Waals surface area (Å²) in [5, 5.41) is 36.7. The third-order valence-electron chi connectivity index (χ3n) is 8.18. The number of carbonyl (C=O) groups is 4. The maximum atomic E-state index is 11.6. The number of allylic oxidation sites excluding steroid dienone is 1. The van der Waals surface area contributed by atoms with Gasteiger partial charge >= 0.3 is 17.9 Å². The number of benzene rings is 4. The number of carbonyl (C=O) groups excluding carboxylic acids is 1. The molecular formula is C44H56N4O9. The first-order valence-electron chi connectivity index (χ1n) is 18.5. The van der Waals surface area contributed by atoms with Crippen LogP contribution in [0.1, 0.15) is 72.6 Å². The van der Waals surface area contributed by atoms with Gasteiger partial charge in [-0.3, -0.25) is 25.2 Å². The monoisotopic (exact) mass is 784 g/mol. The molecule has 7 N–H and O–H groups in total. The first-order valence-corrected chi connectivity index (χ1v) is 18.5. The number of nitrogens with one attached hydrogen (secondary N) is 3. The van der Waals surface area contributed by atoms with Gasteiger partial charge in [-0.05, 0) is 99.1 Å². The number of rotatable bonds is 18. The Balaban J connectivity index is 0.000000328. The van der Waals surface area contributed by atoms with Gasteiger partial charge in [0.25, 0.3) is 5.91 Å². The van der Waals surface area contributed by atoms with E-state index in [0.29, 0.717) is 12.2 Å². The third-order valence-corrected chi connectivity index (χ3v) is 8.18. The molecule has 0 spiro atoms. The van der Waals surface area contributed by atoms with Crippen LogP contribution in [-0.4, -0.2) is 95.1 Å². The van der Waals surface area contributed by atoms with Gasteiger partial charge < -0.3 is 35.4 Å². The highest BCUT2D eigenvalue weighted by Crippen LogP contribution is 2.35. The van der Waals surface area contributed by atoms with Crippen LogP contribution in [0.5, 0.6) is 5.75 Å². The largest absolute Gasteiger partial charge is 0.492 e. The Morgan fingerprint density at radius 2 is 1.21 bits per heavy atom. The molecule has 0 unspecified atom stereocenters. The Morgan fingerprint density at radius 3 is 1.65 bits per heavy atom. The van der Waals surface area contributed by atoms with Crippen molar-refractivity contribution in [2.45, 2.75) is 58.2 Å². The summed E-state index contributed by atoms with van der Waals surface area (Å²) in [6, 6.07) is 37.5. The van der Waals surface area contributed by atoms with Gasteiger partial charge in [-0.25, -0.2) is 4.79 Å². The number of nitrogens with zero attached hydrogens (tertiary/aromatic N) is 1. The van der Waals surface area contributed by atoms with Crippen molar-refractivity contribution in [1.82, 2.24) is 21.1 Å². The van der Waals surface area contributed by atoms with E-state index in [1.54, 1.807) is 0 Å². The van der Waals surface area contributed by atoms with Gasteiger partial charge in [-0.2, -0.15) is 0 Å². The number of ether oxygens (including phenoxy) is 1. The fourth-order valence-corrected chi connectivity index (χ4v) is 5.37. The number of hydrogen-bond donors (Lipinski definition) is 7. The van der Waals surface area contributed by atoms with E-state index in [9.17, 15) is 19.2 Å². The Kier molecular flexibility index (Phi) is 20.4. The van der Waals surface area contributed by atoms with Crippen LogP contribution < -0.4 is 20.9 Å². The van der Waals surface area contributed by atoms with Gasteiger partial charge in [0.1, 0.15) is 12.4 Å². The van der Waals surface area contributed by atoms with E-state index in [-0.39, 0.29) is 11.9 Å². The maximum absolute atomic E-state index is 11.6. The van der Waals surface area contributed by atoms with E-state index in [2.05, 4.69) is 127 Å². The van der Waals surface area contributed by atoms with Gasteiger partial charge in [-0.1, -0.05) is 91.9 Å². The zero-order valence-corrected chi connectivity index (χ0v) is 33.5. The first kappa shape index (κ1) is 47.3. The highest BCUT2D eigenvalue weighted by molar-refractivity contribution is 5.98. The molecule has 0 aromatic heterocycles. The minimum atomic E-state index is -2.74. The second-order valence-corrected chi connectivity index (χ2v) is 13.5. The number of likely N-dealkylation sites (N-methyl/N-ethyl adjacent to an activating group) is 1. The molecule has 0 bridgehead atoms. The molecule has 1 amide bonds. The van der Waals surface area contributed by atoms with Crippen molar-refractivity contribution in [3.05, 3.63) is 137 Å². The van der Waals surface area contributed by atoms with Crippen LogP contribution in [0.2, 0.25) is 0 Å². The molecule has 13 nitrogen and oxygen atoms in total. The van der Waals surface area contributed by atoms with Crippen molar-refractivity contribution >= 4 is 35.0 Å². The van der Waals surface area contributed by atoms with E-state index in [1.165, 1.54) is 27.8 Å². The van der Waals surface area contributed by atoms with Crippen molar-refractivity contribution in [3.63, 3.8) is 0 Å². The summed E-state index contributed by atoms with van der Waals surface area (Å²) in [7, 11) is 5.93. The molecule has 4 aromatic rings. The van der Waals surface area contributed by atoms with Gasteiger partial charge in [0.05, 0.1) is 12.8 Å². The van der Waals surface area contributed by atoms with E-state index < -0.39 is 36.4 Å². The van der Waals surface area contributed by atoms with Crippen molar-refractivity contribution in [1.29, 1.82) is 0 Å². The molecule has 57 heavy (non-hydrogen) atoms. The smallest absolute Gasteiger partial charge is 0.336 e. The molecule has 0 radical (unpaired) electrons. The molecule has 0 saturated carbocycles. The number of aliphatic carboxylic acids is 3. The average molecular weight is 785 g/mol. The van der Waals surface area contributed by atoms with Crippen molar-refractivity contribution < 1.29 is 44.3 Å². The summed E-state index contributed by atoms with van der Waals surface area (Å²) < 4.78 is 5.87. The van der Waals surface area contributed by atoms with Crippen LogP contribution in [-0.2, 0) is 20.9 Å². The lowest BCUT2D eigenvalue weighted by Gasteiger charge is -2.18. The molecule has 0 saturated heterocycles. The summed E-state index contributed by atoms with van der Waals surface area (Å²) in [4.78, 5) is 44.2. The molecule has 306 valence electrons. The molecular weight excluding hydrogens is 729 g/mol. The van der Waals surface area contributed by atoms with Crippen LogP contribution in [0.25, 0.3) is 11.1 Å². The Hall–Kier alpha value is -5.86. The van der Waals surface area contributed by atoms with Crippen LogP contribution in [0.4, 0.5) is 0 Å². The summed E-state index contributed by atoms with van der Waals surface area (Å²) in [6.07, 6.45) is -1.32. The Bertz CT molecular complexity index is 1850. The van der Waals surface area contributed by atoms with Crippen LogP contribution in [0.15, 0.2) is 109 Å². The first-order chi connectivity index (χ1) is 27.1. The highest BCUT2D eigenvalue weighted by Gasteiger charge is 2.40. The topological polar surface area (TPSA) is 198 Å². The minimum Gasteiger partial charge on any atom is -0.492 e. The molecule has 0 aliphatic heterocycles. The lowest BCUT2D eigenvalue weighted by atomic mass is 9.88. The van der Waals surface area contributed by atoms with Gasteiger partial charge in [0.2, 0.25) is 0 Å². The normalized spacial score (nSPS) is 11.3. The van der Waals surface area contributed by atoms with E-state index in [0.717, 1.165) is 30.8 Å². The fraction of sp³-hybridized carbons (Fsp3) is 0.318. The van der Waals surface area contributed by atoms with Crippen molar-refractivity contribution in [3.8, 4) is 5.75 Å². The molecule has 4 rings (SSSR count). The summed E-state index contributed by atoms with van der Waals surface area (Å²) in [5.41, 5.74) is 11.3. The predicted molar refractivity (Wildman–Crippen MR) is 222 cm³/mol. The molecule has 13 heteroatoms. The molecule has 0 heterocycles. The fourth-order valence-electron chi connectivity index (χ4n) is 5.37. The molecule has 0 aliphatic rings. The standard InChI is InChI=1S/C26H29NO.C12H19N3O.C6H8O7/c1-4-25(21-11-7-5-8-12-21)26(22-13-9-6-10-14-22)23-15-17-24(18-16-23)28-20-19-27(2)3;1-9(2)15-12(16)11-6-4-10(5-7-11)8-14-13-3;7-3(8)1-6(13,5(11)12)2-4(9)10/h5-18H,4,19-20H2,1-3H3;4-7,9,13-14H,8H2,1-3H3,(H,15,16);13H,1-2H2,(H,7,8)(H,9,10)(H,11,12)/b26-25-;;. The van der Waals surface area contributed by atoms with Crippen LogP contribution in [0.3, 0.4) is 0 Å².